The van der Waals surface area contributed by atoms with E-state index in [1.165, 1.54) is 44.1 Å². The Morgan fingerprint density at radius 1 is 0.514 bits per heavy atom. The number of likely N-dealkylation sites (tertiary alicyclic amines) is 3. The number of benzene rings is 7. The number of hydrogen-bond donors (Lipinski definition) is 5. The highest BCUT2D eigenvalue weighted by Gasteiger charge is 2.51. The van der Waals surface area contributed by atoms with Crippen LogP contribution in [0.5, 0.6) is 0 Å². The third-order valence-corrected chi connectivity index (χ3v) is 21.5. The number of H-pyrrole nitrogens is 2. The van der Waals surface area contributed by atoms with Gasteiger partial charge < -0.3 is 45.0 Å². The number of hydrogen-bond acceptors (Lipinski definition) is 9. The summed E-state index contributed by atoms with van der Waals surface area (Å²) >= 11 is 1.96. The number of aromatic nitrogens is 2. The topological polar surface area (TPSA) is 206 Å². The van der Waals surface area contributed by atoms with Crippen molar-refractivity contribution in [2.24, 2.45) is 0 Å². The number of amides is 4. The van der Waals surface area contributed by atoms with E-state index in [1.807, 2.05) is 152 Å². The van der Waals surface area contributed by atoms with Gasteiger partial charge in [0.1, 0.15) is 17.5 Å². The molecule has 3 aliphatic heterocycles. The van der Waals surface area contributed by atoms with Crippen molar-refractivity contribution in [2.45, 2.75) is 213 Å². The van der Waals surface area contributed by atoms with Crippen molar-refractivity contribution in [3.8, 4) is 0 Å². The Labute approximate surface area is 638 Å². The molecule has 3 unspecified atom stereocenters. The fraction of sp³-hybridized carbons (Fsp3) is 0.455. The molecular formula is C88H114IN7O9. The van der Waals surface area contributed by atoms with Crippen LogP contribution in [0.4, 0.5) is 9.59 Å². The normalized spacial score (nSPS) is 18.7. The van der Waals surface area contributed by atoms with Crippen LogP contribution in [0.15, 0.2) is 158 Å². The number of aldehydes is 1. The zero-order chi connectivity index (χ0) is 73.6. The number of carbonyl (C=O) groups is 6. The summed E-state index contributed by atoms with van der Waals surface area (Å²) in [5.41, 5.74) is 12.9. The number of fused-ring (bicyclic) bond motifs is 12. The van der Waals surface area contributed by atoms with E-state index in [-0.39, 0.29) is 86.4 Å². The molecule has 5 N–H and O–H groups in total. The molecule has 562 valence electrons. The highest BCUT2D eigenvalue weighted by molar-refractivity contribution is 14.1. The van der Waals surface area contributed by atoms with E-state index in [0.29, 0.717) is 43.1 Å². The highest BCUT2D eigenvalue weighted by atomic mass is 127. The van der Waals surface area contributed by atoms with Gasteiger partial charge in [-0.25, -0.2) is 9.59 Å². The van der Waals surface area contributed by atoms with Gasteiger partial charge in [0.15, 0.2) is 0 Å². The van der Waals surface area contributed by atoms with E-state index in [9.17, 15) is 33.9 Å². The number of para-hydroxylation sites is 2. The molecule has 3 aliphatic carbocycles. The van der Waals surface area contributed by atoms with E-state index < -0.39 is 23.1 Å². The maximum absolute atomic E-state index is 13.0. The molecular weight excluding hydrogens is 1430 g/mol. The van der Waals surface area contributed by atoms with Crippen LogP contribution in [0.1, 0.15) is 218 Å². The quantitative estimate of drug-likeness (QED) is 0.0553. The zero-order valence-electron chi connectivity index (χ0n) is 61.9. The average molecular weight is 1540 g/mol. The summed E-state index contributed by atoms with van der Waals surface area (Å²) in [5, 5.41) is 20.7. The number of aliphatic carboxylic acids is 1. The molecule has 2 aromatic heterocycles. The molecule has 3 atom stereocenters. The van der Waals surface area contributed by atoms with Gasteiger partial charge in [-0.3, -0.25) is 24.1 Å². The van der Waals surface area contributed by atoms with E-state index in [1.54, 1.807) is 9.80 Å². The van der Waals surface area contributed by atoms with Crippen LogP contribution in [0.3, 0.4) is 0 Å². The Hall–Kier alpha value is -8.55. The van der Waals surface area contributed by atoms with Crippen LogP contribution in [0.25, 0.3) is 43.6 Å². The van der Waals surface area contributed by atoms with Crippen molar-refractivity contribution in [1.82, 2.24) is 35.3 Å². The van der Waals surface area contributed by atoms with Crippen molar-refractivity contribution in [3.63, 3.8) is 0 Å². The lowest BCUT2D eigenvalue weighted by atomic mass is 9.73. The second-order valence-electron chi connectivity index (χ2n) is 31.4. The van der Waals surface area contributed by atoms with Gasteiger partial charge in [0.2, 0.25) is 11.8 Å². The number of carbonyl (C=O) groups excluding carboxylic acids is 5. The SMILES string of the molecule is C.C.C.CC(C)(C)OC(=O)N1CCC2(CC1)CC(C(=O)O)c1ccccc12.CC(C)NC(=O)C1CC2(CCN(C(=O)OC(C)(C)C)CC2)c2ccccc21.CC(C)NC(=O)C1CC2(CCN(Cc3ccc4[nH]c5ccccc5c4c3)CC2)c2ccccc21.O=Cc1ccc2[nH]c3ccccc3c2c1.[2H]CI. The summed E-state index contributed by atoms with van der Waals surface area (Å²) in [6.07, 6.45) is 8.30. The minimum absolute atomic E-state index is 0. The van der Waals surface area contributed by atoms with Crippen molar-refractivity contribution in [2.75, 3.05) is 44.2 Å². The van der Waals surface area contributed by atoms with Crippen LogP contribution >= 0.6 is 22.6 Å². The molecule has 4 amide bonds. The first-order chi connectivity index (χ1) is 49.1. The number of nitrogens with one attached hydrogen (secondary N) is 4. The highest BCUT2D eigenvalue weighted by Crippen LogP contribution is 2.55. The second-order valence-corrected chi connectivity index (χ2v) is 31.4. The summed E-state index contributed by atoms with van der Waals surface area (Å²) in [4.78, 5) is 86.2. The fourth-order valence-corrected chi connectivity index (χ4v) is 16.8. The first kappa shape index (κ1) is 80.5. The van der Waals surface area contributed by atoms with Crippen molar-refractivity contribution in [1.29, 1.82) is 0 Å². The Morgan fingerprint density at radius 2 is 0.857 bits per heavy atom. The van der Waals surface area contributed by atoms with Crippen LogP contribution in [0, 0.1) is 0 Å². The van der Waals surface area contributed by atoms with E-state index >= 15 is 0 Å². The summed E-state index contributed by atoms with van der Waals surface area (Å²) < 4.78 is 17.2. The number of carboxylic acid groups (broad SMARTS) is 1. The lowest BCUT2D eigenvalue weighted by Crippen LogP contribution is -2.46. The van der Waals surface area contributed by atoms with Gasteiger partial charge in [-0.2, -0.15) is 0 Å². The monoisotopic (exact) mass is 1540 g/mol. The van der Waals surface area contributed by atoms with Gasteiger partial charge in [-0.1, -0.05) is 160 Å². The zero-order valence-corrected chi connectivity index (χ0v) is 63.1. The summed E-state index contributed by atoms with van der Waals surface area (Å²) in [6.45, 7) is 25.0. The molecule has 17 heteroatoms. The van der Waals surface area contributed by atoms with Gasteiger partial charge in [-0.05, 0) is 232 Å². The Balaban J connectivity index is 0.000000180. The standard InChI is InChI=1S/C30H33N3O.C22H32N2O3.C19H25NO4.C13H9NO.CH3I.3CH4/c1-20(2)31-29(34)25-18-30(26-9-5-3-7-22(25)26)13-15-33(16-14-30)19-21-11-12-28-24(17-21)23-8-4-6-10-27(23)32-28;1-15(2)23-19(25)17-14-22(18-9-7-6-8-16(17)18)10-12-24(13-11-22)20(26)27-21(3,4)5;1-18(2,3)24-17(23)20-10-8-19(9-11-20)12-14(16(21)22)13-6-4-5-7-15(13)19;15-8-9-5-6-13-11(7-9)10-3-1-2-4-12(10)14-13;1-2;;;/h3-12,17,20,25,32H,13-16,18-19H2,1-2H3,(H,31,34);6-9,15,17H,10-14H2,1-5H3,(H,23,25);4-7,14H,8-12H2,1-3H3,(H,21,22);1-8,14H;1H3;3*1H4/i;;;;1D;;;. The number of halogens is 1. The summed E-state index contributed by atoms with van der Waals surface area (Å²) in [6, 6.07) is 54.4. The smallest absolute Gasteiger partial charge is 0.410 e. The van der Waals surface area contributed by atoms with Gasteiger partial charge in [0.25, 0.3) is 0 Å². The number of rotatable bonds is 8. The molecule has 105 heavy (non-hydrogen) atoms. The fourth-order valence-electron chi connectivity index (χ4n) is 16.8. The van der Waals surface area contributed by atoms with Gasteiger partial charge in [0.05, 0.1) is 17.8 Å². The van der Waals surface area contributed by atoms with E-state index in [0.717, 1.165) is 116 Å². The minimum atomic E-state index is -0.756. The molecule has 16 nitrogen and oxygen atoms in total. The molecule has 15 rings (SSSR count). The van der Waals surface area contributed by atoms with Gasteiger partial charge in [-0.15, -0.1) is 0 Å². The number of piperidine rings is 3. The molecule has 0 bridgehead atoms. The average Bonchev–Trinajstić information content (AvgIpc) is 1.59. The Morgan fingerprint density at radius 3 is 1.25 bits per heavy atom. The van der Waals surface area contributed by atoms with Crippen molar-refractivity contribution >= 4 is 102 Å². The van der Waals surface area contributed by atoms with Crippen molar-refractivity contribution < 1.29 is 44.7 Å². The molecule has 5 heterocycles. The molecule has 0 radical (unpaired) electrons. The largest absolute Gasteiger partial charge is 0.481 e. The molecule has 3 fully saturated rings. The van der Waals surface area contributed by atoms with E-state index in [4.69, 9.17) is 10.8 Å². The molecule has 7 aromatic carbocycles. The first-order valence-electron chi connectivity index (χ1n) is 37.0. The Bertz CT molecular complexity index is 4520. The summed E-state index contributed by atoms with van der Waals surface area (Å²) in [7, 11) is 0. The molecule has 6 aliphatic rings. The second kappa shape index (κ2) is 34.3. The lowest BCUT2D eigenvalue weighted by Gasteiger charge is -2.40. The maximum atomic E-state index is 13.0. The van der Waals surface area contributed by atoms with Crippen LogP contribution in [-0.4, -0.2) is 133 Å². The molecule has 3 saturated heterocycles. The van der Waals surface area contributed by atoms with Gasteiger partial charge in [0, 0.05) is 106 Å². The molecule has 9 aromatic rings. The number of nitrogens with zero attached hydrogens (tertiary/aromatic N) is 3. The first-order valence-corrected chi connectivity index (χ1v) is 37.8. The van der Waals surface area contributed by atoms with Crippen LogP contribution in [-0.2, 0) is 46.6 Å². The number of carboxylic acids is 1. The summed E-state index contributed by atoms with van der Waals surface area (Å²) in [5.74, 6) is -1.01. The number of ether oxygens (including phenoxy) is 2. The third kappa shape index (κ3) is 18.3. The third-order valence-electron chi connectivity index (χ3n) is 21.5. The van der Waals surface area contributed by atoms with Crippen molar-refractivity contribution in [3.05, 3.63) is 202 Å². The predicted molar refractivity (Wildman–Crippen MR) is 436 cm³/mol. The Kier molecular flexibility index (Phi) is 26.3. The van der Waals surface area contributed by atoms with Crippen LogP contribution in [0.2, 0.25) is 0 Å². The van der Waals surface area contributed by atoms with E-state index in [2.05, 4.69) is 123 Å². The lowest BCUT2D eigenvalue weighted by molar-refractivity contribution is -0.139. The minimum Gasteiger partial charge on any atom is -0.481 e. The number of alkyl halides is 1. The molecule has 0 saturated carbocycles. The molecule has 3 spiro atoms. The van der Waals surface area contributed by atoms with Gasteiger partial charge >= 0.3 is 18.2 Å². The van der Waals surface area contributed by atoms with Crippen LogP contribution < -0.4 is 10.6 Å². The maximum Gasteiger partial charge on any atom is 0.410 e. The predicted octanol–water partition coefficient (Wildman–Crippen LogP) is 19.5. The number of aromatic amines is 2.